The Morgan fingerprint density at radius 1 is 1.29 bits per heavy atom. The molecule has 2 rings (SSSR count). The summed E-state index contributed by atoms with van der Waals surface area (Å²) in [5.41, 5.74) is 9.37. The van der Waals surface area contributed by atoms with Crippen molar-refractivity contribution >= 4 is 11.6 Å². The largest absolute Gasteiger partial charge is 0.322 e. The fourth-order valence-electron chi connectivity index (χ4n) is 1.78. The molecule has 1 heterocycles. The number of nitrogens with zero attached hydrogens (tertiary/aromatic N) is 1. The minimum atomic E-state index is -0.0895. The molecule has 0 saturated heterocycles. The molecular formula is C14H15ClN2. The van der Waals surface area contributed by atoms with E-state index in [1.165, 1.54) is 5.56 Å². The lowest BCUT2D eigenvalue weighted by Gasteiger charge is -2.11. The van der Waals surface area contributed by atoms with E-state index in [4.69, 9.17) is 17.3 Å². The predicted octanol–water partition coefficient (Wildman–Crippen LogP) is 3.29. The Kier molecular flexibility index (Phi) is 3.77. The Hall–Kier alpha value is -1.38. The molecule has 1 aromatic carbocycles. The van der Waals surface area contributed by atoms with Crippen LogP contribution in [0.15, 0.2) is 42.6 Å². The van der Waals surface area contributed by atoms with Crippen LogP contribution >= 0.6 is 11.6 Å². The van der Waals surface area contributed by atoms with Crippen LogP contribution in [0.1, 0.15) is 22.9 Å². The van der Waals surface area contributed by atoms with Crippen molar-refractivity contribution in [3.05, 3.63) is 64.4 Å². The average molecular weight is 247 g/mol. The fraction of sp³-hybridized carbons (Fsp3) is 0.214. The number of rotatable bonds is 3. The van der Waals surface area contributed by atoms with E-state index in [1.54, 1.807) is 6.20 Å². The smallest absolute Gasteiger partial charge is 0.0577 e. The van der Waals surface area contributed by atoms with Gasteiger partial charge in [0, 0.05) is 11.2 Å². The van der Waals surface area contributed by atoms with Gasteiger partial charge in [0.1, 0.15) is 0 Å². The lowest BCUT2D eigenvalue weighted by molar-refractivity contribution is 0.695. The first-order valence-electron chi connectivity index (χ1n) is 5.58. The minimum absolute atomic E-state index is 0.0895. The summed E-state index contributed by atoms with van der Waals surface area (Å²) in [5, 5.41) is 0.743. The number of hydrogen-bond donors (Lipinski definition) is 1. The maximum atomic E-state index is 6.14. The van der Waals surface area contributed by atoms with Crippen LogP contribution in [0.4, 0.5) is 0 Å². The lowest BCUT2D eigenvalue weighted by atomic mass is 10.0. The molecule has 0 saturated carbocycles. The first kappa shape index (κ1) is 12.1. The molecule has 17 heavy (non-hydrogen) atoms. The molecule has 2 N–H and O–H groups in total. The van der Waals surface area contributed by atoms with Crippen molar-refractivity contribution < 1.29 is 0 Å². The highest BCUT2D eigenvalue weighted by atomic mass is 35.5. The molecular weight excluding hydrogens is 232 g/mol. The Morgan fingerprint density at radius 3 is 2.82 bits per heavy atom. The zero-order valence-electron chi connectivity index (χ0n) is 9.73. The highest BCUT2D eigenvalue weighted by Crippen LogP contribution is 2.17. The number of nitrogens with two attached hydrogens (primary N) is 1. The second kappa shape index (κ2) is 5.30. The quantitative estimate of drug-likeness (QED) is 0.903. The van der Waals surface area contributed by atoms with Crippen LogP contribution in [0.25, 0.3) is 0 Å². The van der Waals surface area contributed by atoms with E-state index < -0.39 is 0 Å². The third kappa shape index (κ3) is 3.29. The van der Waals surface area contributed by atoms with Gasteiger partial charge in [-0.05, 0) is 48.7 Å². The fourth-order valence-corrected chi connectivity index (χ4v) is 2.00. The number of halogens is 1. The summed E-state index contributed by atoms with van der Waals surface area (Å²) in [6.07, 6.45) is 2.54. The molecule has 0 bridgehead atoms. The normalized spacial score (nSPS) is 12.4. The minimum Gasteiger partial charge on any atom is -0.322 e. The van der Waals surface area contributed by atoms with Crippen molar-refractivity contribution in [3.8, 4) is 0 Å². The lowest BCUT2D eigenvalue weighted by Crippen LogP contribution is -2.15. The van der Waals surface area contributed by atoms with E-state index in [0.29, 0.717) is 0 Å². The maximum absolute atomic E-state index is 6.14. The van der Waals surface area contributed by atoms with Gasteiger partial charge < -0.3 is 5.73 Å². The molecule has 0 aliphatic rings. The Morgan fingerprint density at radius 2 is 2.12 bits per heavy atom. The zero-order chi connectivity index (χ0) is 12.3. The predicted molar refractivity (Wildman–Crippen MR) is 71.1 cm³/mol. The van der Waals surface area contributed by atoms with Gasteiger partial charge in [-0.25, -0.2) is 0 Å². The summed E-state index contributed by atoms with van der Waals surface area (Å²) in [6, 6.07) is 11.7. The van der Waals surface area contributed by atoms with Gasteiger partial charge in [-0.1, -0.05) is 23.7 Å². The van der Waals surface area contributed by atoms with Crippen molar-refractivity contribution in [1.82, 2.24) is 4.98 Å². The zero-order valence-corrected chi connectivity index (χ0v) is 10.5. The van der Waals surface area contributed by atoms with E-state index in [2.05, 4.69) is 4.98 Å². The summed E-state index contributed by atoms with van der Waals surface area (Å²) >= 11 is 5.94. The van der Waals surface area contributed by atoms with E-state index in [1.807, 2.05) is 43.3 Å². The van der Waals surface area contributed by atoms with Crippen molar-refractivity contribution in [2.75, 3.05) is 0 Å². The standard InChI is InChI=1S/C14H15ClN2/c1-10-5-6-17-14(7-10)13(16)9-11-3-2-4-12(15)8-11/h2-8,13H,9,16H2,1H3. The molecule has 0 radical (unpaired) electrons. The van der Waals surface area contributed by atoms with Crippen LogP contribution in [-0.4, -0.2) is 4.98 Å². The first-order valence-corrected chi connectivity index (χ1v) is 5.95. The Bertz CT molecular complexity index is 511. The number of hydrogen-bond acceptors (Lipinski definition) is 2. The first-order chi connectivity index (χ1) is 8.15. The van der Waals surface area contributed by atoms with Gasteiger partial charge in [0.05, 0.1) is 11.7 Å². The van der Waals surface area contributed by atoms with Gasteiger partial charge >= 0.3 is 0 Å². The monoisotopic (exact) mass is 246 g/mol. The van der Waals surface area contributed by atoms with E-state index in [0.717, 1.165) is 22.7 Å². The highest BCUT2D eigenvalue weighted by molar-refractivity contribution is 6.30. The summed E-state index contributed by atoms with van der Waals surface area (Å²) < 4.78 is 0. The third-order valence-electron chi connectivity index (χ3n) is 2.66. The second-order valence-electron chi connectivity index (χ2n) is 4.20. The van der Waals surface area contributed by atoms with Crippen LogP contribution in [0.5, 0.6) is 0 Å². The molecule has 0 aliphatic heterocycles. The summed E-state index contributed by atoms with van der Waals surface area (Å²) in [6.45, 7) is 2.04. The van der Waals surface area contributed by atoms with Gasteiger partial charge in [-0.15, -0.1) is 0 Å². The number of benzene rings is 1. The number of pyridine rings is 1. The van der Waals surface area contributed by atoms with Crippen molar-refractivity contribution in [1.29, 1.82) is 0 Å². The van der Waals surface area contributed by atoms with E-state index in [9.17, 15) is 0 Å². The van der Waals surface area contributed by atoms with Crippen LogP contribution in [0, 0.1) is 6.92 Å². The highest BCUT2D eigenvalue weighted by Gasteiger charge is 2.08. The van der Waals surface area contributed by atoms with Gasteiger partial charge in [0.15, 0.2) is 0 Å². The van der Waals surface area contributed by atoms with Crippen molar-refractivity contribution in [2.24, 2.45) is 5.73 Å². The topological polar surface area (TPSA) is 38.9 Å². The molecule has 0 amide bonds. The molecule has 0 fully saturated rings. The van der Waals surface area contributed by atoms with Gasteiger partial charge in [0.2, 0.25) is 0 Å². The molecule has 2 aromatic rings. The number of aromatic nitrogens is 1. The van der Waals surface area contributed by atoms with Crippen LogP contribution < -0.4 is 5.73 Å². The Balaban J connectivity index is 2.14. The van der Waals surface area contributed by atoms with Crippen molar-refractivity contribution in [3.63, 3.8) is 0 Å². The molecule has 2 nitrogen and oxygen atoms in total. The van der Waals surface area contributed by atoms with Crippen LogP contribution in [0.2, 0.25) is 5.02 Å². The van der Waals surface area contributed by atoms with Crippen molar-refractivity contribution in [2.45, 2.75) is 19.4 Å². The molecule has 88 valence electrons. The molecule has 1 unspecified atom stereocenters. The maximum Gasteiger partial charge on any atom is 0.0577 e. The molecule has 1 aromatic heterocycles. The third-order valence-corrected chi connectivity index (χ3v) is 2.90. The summed E-state index contributed by atoms with van der Waals surface area (Å²) in [4.78, 5) is 4.30. The van der Waals surface area contributed by atoms with E-state index in [-0.39, 0.29) is 6.04 Å². The number of aryl methyl sites for hydroxylation is 1. The average Bonchev–Trinajstić information content (AvgIpc) is 2.29. The van der Waals surface area contributed by atoms with Gasteiger partial charge in [0.25, 0.3) is 0 Å². The SMILES string of the molecule is Cc1ccnc(C(N)Cc2cccc(Cl)c2)c1. The molecule has 0 spiro atoms. The second-order valence-corrected chi connectivity index (χ2v) is 4.64. The van der Waals surface area contributed by atoms with E-state index >= 15 is 0 Å². The summed E-state index contributed by atoms with van der Waals surface area (Å²) in [5.74, 6) is 0. The summed E-state index contributed by atoms with van der Waals surface area (Å²) in [7, 11) is 0. The van der Waals surface area contributed by atoms with Crippen LogP contribution in [0.3, 0.4) is 0 Å². The molecule has 0 aliphatic carbocycles. The van der Waals surface area contributed by atoms with Crippen LogP contribution in [-0.2, 0) is 6.42 Å². The van der Waals surface area contributed by atoms with Gasteiger partial charge in [-0.2, -0.15) is 0 Å². The Labute approximate surface area is 106 Å². The molecule has 1 atom stereocenters. The molecule has 3 heteroatoms. The van der Waals surface area contributed by atoms with Gasteiger partial charge in [-0.3, -0.25) is 4.98 Å².